The van der Waals surface area contributed by atoms with Crippen molar-refractivity contribution in [2.45, 2.75) is 44.3 Å². The Morgan fingerprint density at radius 1 is 1.36 bits per heavy atom. The molecule has 1 N–H and O–H groups in total. The second-order valence-electron chi connectivity index (χ2n) is 4.37. The van der Waals surface area contributed by atoms with Crippen LogP contribution >= 0.6 is 0 Å². The molecule has 2 rings (SSSR count). The molecule has 2 fully saturated rings. The smallest absolute Gasteiger partial charge is 0.240 e. The van der Waals surface area contributed by atoms with Crippen LogP contribution in [0.4, 0.5) is 8.78 Å². The lowest BCUT2D eigenvalue weighted by atomic mass is 10.1. The van der Waals surface area contributed by atoms with Crippen molar-refractivity contribution >= 4 is 0 Å². The van der Waals surface area contributed by atoms with E-state index in [1.165, 1.54) is 12.8 Å². The number of ether oxygens (including phenoxy) is 1. The van der Waals surface area contributed by atoms with Crippen LogP contribution < -0.4 is 5.32 Å². The Kier molecular flexibility index (Phi) is 3.34. The molecule has 0 radical (unpaired) electrons. The van der Waals surface area contributed by atoms with Gasteiger partial charge in [0, 0.05) is 19.0 Å². The number of alkyl halides is 2. The van der Waals surface area contributed by atoms with Crippen LogP contribution in [0.3, 0.4) is 0 Å². The summed E-state index contributed by atoms with van der Waals surface area (Å²) in [4.78, 5) is 0. The topological polar surface area (TPSA) is 21.3 Å². The van der Waals surface area contributed by atoms with Gasteiger partial charge in [0.15, 0.2) is 0 Å². The Morgan fingerprint density at radius 2 is 2.14 bits per heavy atom. The number of morpholine rings is 1. The molecular formula is C10H17F2NO. The Balaban J connectivity index is 1.63. The first-order chi connectivity index (χ1) is 6.74. The summed E-state index contributed by atoms with van der Waals surface area (Å²) in [5.41, 5.74) is 0. The zero-order valence-electron chi connectivity index (χ0n) is 8.22. The second-order valence-corrected chi connectivity index (χ2v) is 4.37. The van der Waals surface area contributed by atoms with E-state index in [0.717, 1.165) is 18.9 Å². The van der Waals surface area contributed by atoms with Crippen molar-refractivity contribution in [1.29, 1.82) is 0 Å². The van der Waals surface area contributed by atoms with Gasteiger partial charge in [-0.2, -0.15) is 0 Å². The van der Waals surface area contributed by atoms with Crippen LogP contribution in [-0.4, -0.2) is 31.7 Å². The highest BCUT2D eigenvalue weighted by molar-refractivity contribution is 4.82. The molecular weight excluding hydrogens is 188 g/mol. The summed E-state index contributed by atoms with van der Waals surface area (Å²) in [6.45, 7) is 1.19. The molecule has 1 aliphatic carbocycles. The van der Waals surface area contributed by atoms with E-state index >= 15 is 0 Å². The third kappa shape index (κ3) is 3.17. The molecule has 2 aliphatic rings. The number of halogens is 2. The minimum absolute atomic E-state index is 0.0872. The average molecular weight is 205 g/mol. The lowest BCUT2D eigenvalue weighted by Gasteiger charge is -2.30. The third-order valence-corrected chi connectivity index (χ3v) is 2.92. The van der Waals surface area contributed by atoms with Gasteiger partial charge in [-0.3, -0.25) is 0 Å². The van der Waals surface area contributed by atoms with Crippen molar-refractivity contribution in [3.63, 3.8) is 0 Å². The van der Waals surface area contributed by atoms with Gasteiger partial charge in [-0.1, -0.05) is 12.8 Å². The fourth-order valence-electron chi connectivity index (χ4n) is 1.91. The van der Waals surface area contributed by atoms with Gasteiger partial charge in [-0.15, -0.1) is 0 Å². The van der Waals surface area contributed by atoms with E-state index < -0.39 is 6.43 Å². The summed E-state index contributed by atoms with van der Waals surface area (Å²) in [5.74, 6) is 0.841. The van der Waals surface area contributed by atoms with Crippen molar-refractivity contribution < 1.29 is 13.5 Å². The molecule has 4 heteroatoms. The van der Waals surface area contributed by atoms with E-state index in [-0.39, 0.29) is 18.6 Å². The zero-order chi connectivity index (χ0) is 9.97. The van der Waals surface area contributed by atoms with Gasteiger partial charge in [-0.05, 0) is 12.3 Å². The molecule has 2 atom stereocenters. The van der Waals surface area contributed by atoms with Crippen LogP contribution in [0.1, 0.15) is 25.7 Å². The van der Waals surface area contributed by atoms with Gasteiger partial charge in [0.05, 0.1) is 12.7 Å². The first kappa shape index (κ1) is 10.3. The summed E-state index contributed by atoms with van der Waals surface area (Å²) in [5, 5.41) is 3.13. The van der Waals surface area contributed by atoms with Crippen molar-refractivity contribution in [2.24, 2.45) is 5.92 Å². The second kappa shape index (κ2) is 4.53. The summed E-state index contributed by atoms with van der Waals surface area (Å²) in [6.07, 6.45) is 1.69. The van der Waals surface area contributed by atoms with Crippen LogP contribution in [0.2, 0.25) is 0 Å². The minimum atomic E-state index is -2.23. The Morgan fingerprint density at radius 3 is 2.64 bits per heavy atom. The van der Waals surface area contributed by atoms with Gasteiger partial charge in [0.2, 0.25) is 6.43 Å². The summed E-state index contributed by atoms with van der Waals surface area (Å²) < 4.78 is 29.6. The maximum Gasteiger partial charge on any atom is 0.240 e. The van der Waals surface area contributed by atoms with Crippen LogP contribution in [0.5, 0.6) is 0 Å². The van der Waals surface area contributed by atoms with Crippen molar-refractivity contribution in [3.8, 4) is 0 Å². The first-order valence-corrected chi connectivity index (χ1v) is 5.37. The Hall–Kier alpha value is -0.220. The van der Waals surface area contributed by atoms with Crippen LogP contribution in [0.15, 0.2) is 0 Å². The van der Waals surface area contributed by atoms with Gasteiger partial charge in [0.1, 0.15) is 0 Å². The van der Waals surface area contributed by atoms with Gasteiger partial charge in [0.25, 0.3) is 0 Å². The Labute approximate surface area is 83.0 Å². The molecule has 82 valence electrons. The van der Waals surface area contributed by atoms with Gasteiger partial charge in [-0.25, -0.2) is 8.78 Å². The molecule has 14 heavy (non-hydrogen) atoms. The summed E-state index contributed by atoms with van der Waals surface area (Å²) in [6, 6.07) is -0.148. The van der Waals surface area contributed by atoms with E-state index in [1.807, 2.05) is 0 Å². The lowest BCUT2D eigenvalue weighted by molar-refractivity contribution is -0.0173. The van der Waals surface area contributed by atoms with E-state index in [0.29, 0.717) is 6.61 Å². The normalized spacial score (nSPS) is 33.6. The molecule has 1 saturated carbocycles. The Bertz CT molecular complexity index is 165. The molecule has 0 aromatic rings. The number of rotatable bonds is 4. The van der Waals surface area contributed by atoms with E-state index in [2.05, 4.69) is 5.32 Å². The number of hydrogen-bond donors (Lipinski definition) is 1. The highest BCUT2D eigenvalue weighted by Crippen LogP contribution is 2.34. The average Bonchev–Trinajstić information content (AvgIpc) is 2.91. The van der Waals surface area contributed by atoms with Crippen LogP contribution in [0, 0.1) is 5.92 Å². The van der Waals surface area contributed by atoms with Crippen LogP contribution in [0.25, 0.3) is 0 Å². The predicted molar refractivity (Wildman–Crippen MR) is 49.5 cm³/mol. The lowest BCUT2D eigenvalue weighted by Crippen LogP contribution is -2.47. The minimum Gasteiger partial charge on any atom is -0.375 e. The zero-order valence-corrected chi connectivity index (χ0v) is 8.22. The number of nitrogens with one attached hydrogen (secondary N) is 1. The maximum atomic E-state index is 12.0. The molecule has 2 nitrogen and oxygen atoms in total. The predicted octanol–water partition coefficient (Wildman–Crippen LogP) is 1.80. The quantitative estimate of drug-likeness (QED) is 0.755. The standard InChI is InChI=1S/C10H17F2NO/c11-10(12)4-8-6-14-9(5-13-8)3-7-1-2-7/h7-10,13H,1-6H2/t8-,9+/m1/s1. The summed E-state index contributed by atoms with van der Waals surface area (Å²) >= 11 is 0. The third-order valence-electron chi connectivity index (χ3n) is 2.92. The largest absolute Gasteiger partial charge is 0.375 e. The highest BCUT2D eigenvalue weighted by atomic mass is 19.3. The molecule has 1 heterocycles. The van der Waals surface area contributed by atoms with E-state index in [9.17, 15) is 8.78 Å². The van der Waals surface area contributed by atoms with Crippen molar-refractivity contribution in [1.82, 2.24) is 5.32 Å². The fourth-order valence-corrected chi connectivity index (χ4v) is 1.91. The fraction of sp³-hybridized carbons (Fsp3) is 1.00. The first-order valence-electron chi connectivity index (χ1n) is 5.37. The molecule has 1 aliphatic heterocycles. The maximum absolute atomic E-state index is 12.0. The monoisotopic (exact) mass is 205 g/mol. The molecule has 0 unspecified atom stereocenters. The van der Waals surface area contributed by atoms with Crippen molar-refractivity contribution in [3.05, 3.63) is 0 Å². The molecule has 0 aromatic heterocycles. The summed E-state index contributed by atoms with van der Waals surface area (Å²) in [7, 11) is 0. The van der Waals surface area contributed by atoms with Gasteiger partial charge >= 0.3 is 0 Å². The van der Waals surface area contributed by atoms with E-state index in [1.54, 1.807) is 0 Å². The highest BCUT2D eigenvalue weighted by Gasteiger charge is 2.29. The van der Waals surface area contributed by atoms with Gasteiger partial charge < -0.3 is 10.1 Å². The molecule has 0 aromatic carbocycles. The van der Waals surface area contributed by atoms with Crippen molar-refractivity contribution in [2.75, 3.05) is 13.2 Å². The van der Waals surface area contributed by atoms with Crippen LogP contribution in [-0.2, 0) is 4.74 Å². The molecule has 0 spiro atoms. The molecule has 1 saturated heterocycles. The SMILES string of the molecule is FC(F)C[C@@H]1CO[C@@H](CC2CC2)CN1. The number of hydrogen-bond acceptors (Lipinski definition) is 2. The van der Waals surface area contributed by atoms with E-state index in [4.69, 9.17) is 4.74 Å². The molecule has 0 amide bonds. The molecule has 0 bridgehead atoms.